The molecule has 0 amide bonds. The lowest BCUT2D eigenvalue weighted by Crippen LogP contribution is -1.74. The molecule has 1 aromatic heterocycles. The Hall–Kier alpha value is -0.670. The normalized spacial score (nSPS) is 10.4. The van der Waals surface area contributed by atoms with E-state index in [0.717, 1.165) is 25.7 Å². The van der Waals surface area contributed by atoms with Crippen LogP contribution in [0.4, 0.5) is 0 Å². The average molecular weight is 241 g/mol. The van der Waals surface area contributed by atoms with E-state index < -0.39 is 0 Å². The molecule has 0 fully saturated rings. The number of thiophene rings is 1. The highest BCUT2D eigenvalue weighted by Gasteiger charge is 2.07. The molecule has 12 heavy (non-hydrogen) atoms. The number of halogens is 1. The standard InChI is InChI=1S/C9H5BrOS/c10-9-7(5-11)6-3-1-2-4-8(6)12-9/h1-5H. The molecule has 1 aromatic carbocycles. The Kier molecular flexibility index (Phi) is 1.98. The molecule has 0 radical (unpaired) electrons. The summed E-state index contributed by atoms with van der Waals surface area (Å²) in [6.07, 6.45) is 0.892. The molecule has 3 heteroatoms. The Morgan fingerprint density at radius 2 is 2.08 bits per heavy atom. The average Bonchev–Trinajstić information content (AvgIpc) is 2.40. The lowest BCUT2D eigenvalue weighted by atomic mass is 10.2. The van der Waals surface area contributed by atoms with Gasteiger partial charge in [-0.15, -0.1) is 11.3 Å². The molecule has 0 saturated heterocycles. The first-order chi connectivity index (χ1) is 5.83. The van der Waals surface area contributed by atoms with Gasteiger partial charge in [0.2, 0.25) is 0 Å². The SMILES string of the molecule is O=Cc1c(Br)sc2ccccc12. The molecule has 0 N–H and O–H groups in total. The maximum absolute atomic E-state index is 10.7. The zero-order chi connectivity index (χ0) is 8.55. The molecule has 2 aromatic rings. The Morgan fingerprint density at radius 3 is 2.83 bits per heavy atom. The van der Waals surface area contributed by atoms with E-state index in [-0.39, 0.29) is 0 Å². The van der Waals surface area contributed by atoms with Gasteiger partial charge in [-0.1, -0.05) is 18.2 Å². The van der Waals surface area contributed by atoms with Gasteiger partial charge in [-0.05, 0) is 22.0 Å². The molecule has 60 valence electrons. The molecule has 2 rings (SSSR count). The fourth-order valence-corrected chi connectivity index (χ4v) is 2.87. The number of fused-ring (bicyclic) bond motifs is 1. The second-order valence-electron chi connectivity index (χ2n) is 2.40. The fraction of sp³-hybridized carbons (Fsp3) is 0. The Labute approximate surface area is 82.1 Å². The number of hydrogen-bond donors (Lipinski definition) is 0. The van der Waals surface area contributed by atoms with E-state index in [4.69, 9.17) is 0 Å². The molecule has 0 aliphatic rings. The van der Waals surface area contributed by atoms with Gasteiger partial charge in [0, 0.05) is 15.6 Å². The van der Waals surface area contributed by atoms with Crippen LogP contribution in [0.3, 0.4) is 0 Å². The van der Waals surface area contributed by atoms with Crippen molar-refractivity contribution >= 4 is 43.6 Å². The van der Waals surface area contributed by atoms with Crippen molar-refractivity contribution in [2.45, 2.75) is 0 Å². The van der Waals surface area contributed by atoms with Crippen LogP contribution in [-0.2, 0) is 0 Å². The largest absolute Gasteiger partial charge is 0.298 e. The number of hydrogen-bond acceptors (Lipinski definition) is 2. The van der Waals surface area contributed by atoms with Crippen molar-refractivity contribution in [3.8, 4) is 0 Å². The minimum absolute atomic E-state index is 0.760. The lowest BCUT2D eigenvalue weighted by Gasteiger charge is -1.87. The summed E-state index contributed by atoms with van der Waals surface area (Å²) in [7, 11) is 0. The van der Waals surface area contributed by atoms with Crippen molar-refractivity contribution < 1.29 is 4.79 Å². The fourth-order valence-electron chi connectivity index (χ4n) is 1.15. The summed E-state index contributed by atoms with van der Waals surface area (Å²) in [5.41, 5.74) is 0.760. The minimum atomic E-state index is 0.760. The van der Waals surface area contributed by atoms with E-state index in [0.29, 0.717) is 0 Å². The van der Waals surface area contributed by atoms with Gasteiger partial charge < -0.3 is 0 Å². The molecule has 0 aliphatic carbocycles. The van der Waals surface area contributed by atoms with Gasteiger partial charge in [-0.25, -0.2) is 0 Å². The lowest BCUT2D eigenvalue weighted by molar-refractivity contribution is 0.112. The first-order valence-electron chi connectivity index (χ1n) is 3.45. The predicted molar refractivity (Wildman–Crippen MR) is 54.9 cm³/mol. The Bertz CT molecular complexity index is 433. The third-order valence-electron chi connectivity index (χ3n) is 1.71. The monoisotopic (exact) mass is 240 g/mol. The van der Waals surface area contributed by atoms with Crippen LogP contribution in [0, 0.1) is 0 Å². The van der Waals surface area contributed by atoms with E-state index >= 15 is 0 Å². The van der Waals surface area contributed by atoms with Crippen molar-refractivity contribution in [1.29, 1.82) is 0 Å². The molecule has 0 unspecified atom stereocenters. The third-order valence-corrected chi connectivity index (χ3v) is 3.59. The number of rotatable bonds is 1. The van der Waals surface area contributed by atoms with Gasteiger partial charge in [-0.2, -0.15) is 0 Å². The molecule has 1 nitrogen and oxygen atoms in total. The maximum atomic E-state index is 10.7. The summed E-state index contributed by atoms with van der Waals surface area (Å²) in [5, 5.41) is 1.03. The molecule has 0 aliphatic heterocycles. The second-order valence-corrected chi connectivity index (χ2v) is 4.77. The van der Waals surface area contributed by atoms with Gasteiger partial charge in [0.25, 0.3) is 0 Å². The van der Waals surface area contributed by atoms with Crippen LogP contribution in [0.1, 0.15) is 10.4 Å². The molecular formula is C9H5BrOS. The van der Waals surface area contributed by atoms with Gasteiger partial charge in [0.1, 0.15) is 0 Å². The van der Waals surface area contributed by atoms with E-state index in [2.05, 4.69) is 15.9 Å². The molecule has 0 atom stereocenters. The third kappa shape index (κ3) is 1.09. The van der Waals surface area contributed by atoms with Crippen molar-refractivity contribution in [1.82, 2.24) is 0 Å². The first kappa shape index (κ1) is 7.95. The van der Waals surface area contributed by atoms with Crippen LogP contribution in [0.5, 0.6) is 0 Å². The van der Waals surface area contributed by atoms with Crippen LogP contribution >= 0.6 is 27.3 Å². The van der Waals surface area contributed by atoms with E-state index in [9.17, 15) is 4.79 Å². The van der Waals surface area contributed by atoms with Crippen LogP contribution in [0.25, 0.3) is 10.1 Å². The quantitative estimate of drug-likeness (QED) is 0.698. The van der Waals surface area contributed by atoms with Crippen molar-refractivity contribution in [3.05, 3.63) is 33.6 Å². The number of benzene rings is 1. The molecular weight excluding hydrogens is 236 g/mol. The van der Waals surface area contributed by atoms with Gasteiger partial charge in [0.05, 0.1) is 3.79 Å². The van der Waals surface area contributed by atoms with Gasteiger partial charge >= 0.3 is 0 Å². The first-order valence-corrected chi connectivity index (χ1v) is 5.06. The zero-order valence-electron chi connectivity index (χ0n) is 6.08. The van der Waals surface area contributed by atoms with E-state index in [1.807, 2.05) is 24.3 Å². The van der Waals surface area contributed by atoms with Crippen LogP contribution in [0.2, 0.25) is 0 Å². The summed E-state index contributed by atoms with van der Waals surface area (Å²) in [4.78, 5) is 10.7. The smallest absolute Gasteiger partial charge is 0.152 e. The Morgan fingerprint density at radius 1 is 1.33 bits per heavy atom. The summed E-state index contributed by atoms with van der Waals surface area (Å²) >= 11 is 4.95. The summed E-state index contributed by atoms with van der Waals surface area (Å²) in [6.45, 7) is 0. The summed E-state index contributed by atoms with van der Waals surface area (Å²) < 4.78 is 2.06. The highest BCUT2D eigenvalue weighted by Crippen LogP contribution is 2.33. The van der Waals surface area contributed by atoms with Crippen LogP contribution in [0.15, 0.2) is 28.1 Å². The number of aldehydes is 1. The van der Waals surface area contributed by atoms with Crippen LogP contribution in [-0.4, -0.2) is 6.29 Å². The maximum Gasteiger partial charge on any atom is 0.152 e. The molecule has 0 bridgehead atoms. The summed E-state index contributed by atoms with van der Waals surface area (Å²) in [6, 6.07) is 7.88. The zero-order valence-corrected chi connectivity index (χ0v) is 8.48. The molecule has 0 spiro atoms. The van der Waals surface area contributed by atoms with Crippen molar-refractivity contribution in [2.24, 2.45) is 0 Å². The van der Waals surface area contributed by atoms with Crippen molar-refractivity contribution in [3.63, 3.8) is 0 Å². The highest BCUT2D eigenvalue weighted by atomic mass is 79.9. The molecule has 0 saturated carbocycles. The van der Waals surface area contributed by atoms with Gasteiger partial charge in [0.15, 0.2) is 6.29 Å². The highest BCUT2D eigenvalue weighted by molar-refractivity contribution is 9.11. The topological polar surface area (TPSA) is 17.1 Å². The van der Waals surface area contributed by atoms with Gasteiger partial charge in [-0.3, -0.25) is 4.79 Å². The van der Waals surface area contributed by atoms with E-state index in [1.165, 1.54) is 0 Å². The molecule has 1 heterocycles. The summed E-state index contributed by atoms with van der Waals surface area (Å²) in [5.74, 6) is 0. The van der Waals surface area contributed by atoms with E-state index in [1.54, 1.807) is 11.3 Å². The number of carbonyl (C=O) groups excluding carboxylic acids is 1. The number of carbonyl (C=O) groups is 1. The van der Waals surface area contributed by atoms with Crippen molar-refractivity contribution in [2.75, 3.05) is 0 Å². The minimum Gasteiger partial charge on any atom is -0.298 e. The predicted octanol–water partition coefficient (Wildman–Crippen LogP) is 3.48. The second kappa shape index (κ2) is 2.99. The van der Waals surface area contributed by atoms with Crippen LogP contribution < -0.4 is 0 Å². The Balaban J connectivity index is 2.90.